The number of phenols is 1. The first-order valence-corrected chi connectivity index (χ1v) is 11.3. The number of nitrogens with two attached hydrogens (primary N) is 1. The molecule has 3 unspecified atom stereocenters. The molecule has 0 aliphatic rings. The maximum Gasteiger partial charge on any atom is 0.326 e. The monoisotopic (exact) mass is 484 g/mol. The Labute approximate surface area is 194 Å². The zero-order valence-corrected chi connectivity index (χ0v) is 18.8. The highest BCUT2D eigenvalue weighted by molar-refractivity contribution is 7.98. The van der Waals surface area contributed by atoms with Gasteiger partial charge < -0.3 is 37.0 Å². The van der Waals surface area contributed by atoms with Crippen molar-refractivity contribution in [2.24, 2.45) is 5.73 Å². The second-order valence-corrected chi connectivity index (χ2v) is 8.08. The van der Waals surface area contributed by atoms with Crippen LogP contribution in [0.25, 0.3) is 0 Å². The highest BCUT2D eigenvalue weighted by Crippen LogP contribution is 2.11. The number of carboxylic acid groups (broad SMARTS) is 2. The van der Waals surface area contributed by atoms with Gasteiger partial charge in [-0.3, -0.25) is 19.2 Å². The number of aliphatic carboxylic acids is 2. The molecule has 0 saturated carbocycles. The van der Waals surface area contributed by atoms with E-state index < -0.39 is 60.8 Å². The van der Waals surface area contributed by atoms with Gasteiger partial charge >= 0.3 is 11.9 Å². The predicted octanol–water partition coefficient (Wildman–Crippen LogP) is -1.34. The van der Waals surface area contributed by atoms with Crippen LogP contribution in [0.4, 0.5) is 0 Å². The van der Waals surface area contributed by atoms with E-state index in [9.17, 15) is 34.2 Å². The van der Waals surface area contributed by atoms with E-state index in [0.29, 0.717) is 11.3 Å². The zero-order chi connectivity index (χ0) is 25.0. The molecule has 1 aromatic carbocycles. The molecule has 1 aromatic rings. The Balaban J connectivity index is 2.66. The zero-order valence-electron chi connectivity index (χ0n) is 17.9. The Kier molecular flexibility index (Phi) is 11.7. The van der Waals surface area contributed by atoms with E-state index in [1.165, 1.54) is 36.0 Å². The SMILES string of the molecule is CSCCC(NC(=O)C(N)CC(=O)O)C(=O)NCC(=O)NC(Cc1ccc(O)cc1)C(=O)O. The van der Waals surface area contributed by atoms with Gasteiger partial charge in [-0.15, -0.1) is 0 Å². The van der Waals surface area contributed by atoms with E-state index in [2.05, 4.69) is 16.0 Å². The normalized spacial score (nSPS) is 13.3. The third kappa shape index (κ3) is 10.7. The van der Waals surface area contributed by atoms with Gasteiger partial charge in [0, 0.05) is 6.42 Å². The Morgan fingerprint density at radius 3 is 2.18 bits per heavy atom. The first kappa shape index (κ1) is 27.7. The Hall–Kier alpha value is -3.32. The number of aromatic hydroxyl groups is 1. The van der Waals surface area contributed by atoms with E-state index in [1.54, 1.807) is 6.26 Å². The number of nitrogens with one attached hydrogen (secondary N) is 3. The number of carbonyl (C=O) groups excluding carboxylic acids is 3. The summed E-state index contributed by atoms with van der Waals surface area (Å²) in [7, 11) is 0. The van der Waals surface area contributed by atoms with Gasteiger partial charge in [-0.2, -0.15) is 11.8 Å². The number of carboxylic acids is 2. The summed E-state index contributed by atoms with van der Waals surface area (Å²) in [6, 6.07) is 2.17. The summed E-state index contributed by atoms with van der Waals surface area (Å²) in [5, 5.41) is 34.4. The van der Waals surface area contributed by atoms with Crippen LogP contribution < -0.4 is 21.7 Å². The van der Waals surface area contributed by atoms with E-state index >= 15 is 0 Å². The molecule has 3 atom stereocenters. The Bertz CT molecular complexity index is 849. The summed E-state index contributed by atoms with van der Waals surface area (Å²) in [6.07, 6.45) is 1.35. The molecular formula is C20H28N4O8S. The number of amides is 3. The van der Waals surface area contributed by atoms with Crippen LogP contribution in [0.5, 0.6) is 5.75 Å². The molecular weight excluding hydrogens is 456 g/mol. The number of carbonyl (C=O) groups is 5. The maximum absolute atomic E-state index is 12.5. The average molecular weight is 485 g/mol. The Morgan fingerprint density at radius 1 is 1.00 bits per heavy atom. The standard InChI is InChI=1S/C20H28N4O8S/c1-33-7-6-14(24-18(29)13(21)9-17(27)28)19(30)22-10-16(26)23-15(20(31)32)8-11-2-4-12(25)5-3-11/h2-5,13-15,25H,6-10,21H2,1H3,(H,22,30)(H,23,26)(H,24,29)(H,27,28)(H,31,32). The fourth-order valence-corrected chi connectivity index (χ4v) is 3.14. The van der Waals surface area contributed by atoms with Gasteiger partial charge in [0.25, 0.3) is 0 Å². The molecule has 12 nitrogen and oxygen atoms in total. The number of rotatable bonds is 14. The van der Waals surface area contributed by atoms with Gasteiger partial charge in [0.1, 0.15) is 17.8 Å². The van der Waals surface area contributed by atoms with Crippen molar-refractivity contribution in [1.29, 1.82) is 0 Å². The fraction of sp³-hybridized carbons (Fsp3) is 0.450. The molecule has 0 saturated heterocycles. The van der Waals surface area contributed by atoms with Crippen LogP contribution >= 0.6 is 11.8 Å². The average Bonchev–Trinajstić information content (AvgIpc) is 2.75. The van der Waals surface area contributed by atoms with Crippen LogP contribution in [0.15, 0.2) is 24.3 Å². The first-order valence-electron chi connectivity index (χ1n) is 9.88. The molecule has 0 bridgehead atoms. The summed E-state index contributed by atoms with van der Waals surface area (Å²) in [6.45, 7) is -0.537. The molecule has 0 fully saturated rings. The maximum atomic E-state index is 12.5. The third-order valence-corrected chi connectivity index (χ3v) is 5.05. The minimum atomic E-state index is -1.34. The first-order chi connectivity index (χ1) is 15.5. The van der Waals surface area contributed by atoms with Crippen molar-refractivity contribution < 1.29 is 39.3 Å². The van der Waals surface area contributed by atoms with E-state index in [-0.39, 0.29) is 18.6 Å². The number of hydrogen-bond acceptors (Lipinski definition) is 8. The number of hydrogen-bond donors (Lipinski definition) is 7. The summed E-state index contributed by atoms with van der Waals surface area (Å²) < 4.78 is 0. The minimum Gasteiger partial charge on any atom is -0.508 e. The summed E-state index contributed by atoms with van der Waals surface area (Å²) in [4.78, 5) is 58.9. The van der Waals surface area contributed by atoms with Crippen molar-refractivity contribution in [2.75, 3.05) is 18.6 Å². The molecule has 0 aromatic heterocycles. The Morgan fingerprint density at radius 2 is 1.64 bits per heavy atom. The highest BCUT2D eigenvalue weighted by Gasteiger charge is 2.26. The number of phenolic OH excluding ortho intramolecular Hbond substituents is 1. The van der Waals surface area contributed by atoms with Gasteiger partial charge in [0.2, 0.25) is 17.7 Å². The lowest BCUT2D eigenvalue weighted by molar-refractivity contribution is -0.141. The van der Waals surface area contributed by atoms with E-state index in [0.717, 1.165) is 0 Å². The second-order valence-electron chi connectivity index (χ2n) is 7.09. The molecule has 182 valence electrons. The largest absolute Gasteiger partial charge is 0.508 e. The van der Waals surface area contributed by atoms with E-state index in [1.807, 2.05) is 0 Å². The van der Waals surface area contributed by atoms with Crippen molar-refractivity contribution >= 4 is 41.4 Å². The van der Waals surface area contributed by atoms with Crippen LogP contribution in [0.1, 0.15) is 18.4 Å². The summed E-state index contributed by atoms with van der Waals surface area (Å²) in [5.41, 5.74) is 6.08. The molecule has 0 spiro atoms. The van der Waals surface area contributed by atoms with Crippen molar-refractivity contribution in [3.63, 3.8) is 0 Å². The molecule has 3 amide bonds. The van der Waals surface area contributed by atoms with Gasteiger partial charge in [0.15, 0.2) is 0 Å². The van der Waals surface area contributed by atoms with Crippen LogP contribution in [0, 0.1) is 0 Å². The van der Waals surface area contributed by atoms with Crippen molar-refractivity contribution in [3.05, 3.63) is 29.8 Å². The van der Waals surface area contributed by atoms with Gasteiger partial charge in [-0.1, -0.05) is 12.1 Å². The molecule has 0 heterocycles. The lowest BCUT2D eigenvalue weighted by Gasteiger charge is -2.20. The van der Waals surface area contributed by atoms with Crippen molar-refractivity contribution in [2.45, 2.75) is 37.4 Å². The summed E-state index contributed by atoms with van der Waals surface area (Å²) in [5.74, 6) is -4.30. The van der Waals surface area contributed by atoms with Crippen molar-refractivity contribution in [1.82, 2.24) is 16.0 Å². The van der Waals surface area contributed by atoms with Crippen LogP contribution in [0.2, 0.25) is 0 Å². The quantitative estimate of drug-likeness (QED) is 0.165. The van der Waals surface area contributed by atoms with Gasteiger partial charge in [-0.05, 0) is 36.1 Å². The molecule has 8 N–H and O–H groups in total. The van der Waals surface area contributed by atoms with Crippen LogP contribution in [0.3, 0.4) is 0 Å². The third-order valence-electron chi connectivity index (χ3n) is 4.41. The molecule has 13 heteroatoms. The number of benzene rings is 1. The minimum absolute atomic E-state index is 0.0180. The predicted molar refractivity (Wildman–Crippen MR) is 120 cm³/mol. The topological polar surface area (TPSA) is 208 Å². The van der Waals surface area contributed by atoms with Gasteiger partial charge in [0.05, 0.1) is 19.0 Å². The lowest BCUT2D eigenvalue weighted by atomic mass is 10.1. The van der Waals surface area contributed by atoms with Crippen molar-refractivity contribution in [3.8, 4) is 5.75 Å². The molecule has 1 rings (SSSR count). The van der Waals surface area contributed by atoms with Gasteiger partial charge in [-0.25, -0.2) is 4.79 Å². The fourth-order valence-electron chi connectivity index (χ4n) is 2.67. The molecule has 0 radical (unpaired) electrons. The summed E-state index contributed by atoms with van der Waals surface area (Å²) >= 11 is 1.41. The molecule has 0 aliphatic carbocycles. The second kappa shape index (κ2) is 14.0. The molecule has 0 aliphatic heterocycles. The van der Waals surface area contributed by atoms with E-state index in [4.69, 9.17) is 10.8 Å². The smallest absolute Gasteiger partial charge is 0.326 e. The van der Waals surface area contributed by atoms with Crippen LogP contribution in [-0.4, -0.2) is 81.7 Å². The highest BCUT2D eigenvalue weighted by atomic mass is 32.2. The molecule has 33 heavy (non-hydrogen) atoms. The lowest BCUT2D eigenvalue weighted by Crippen LogP contribution is -2.54. The van der Waals surface area contributed by atoms with Crippen LogP contribution in [-0.2, 0) is 30.4 Å². The number of thioether (sulfide) groups is 1.